The van der Waals surface area contributed by atoms with Crippen LogP contribution in [0.5, 0.6) is 0 Å². The Kier molecular flexibility index (Phi) is 15.2. The van der Waals surface area contributed by atoms with Gasteiger partial charge in [0.1, 0.15) is 22.7 Å². The Morgan fingerprint density at radius 2 is 0.580 bits per heavy atom. The van der Waals surface area contributed by atoms with Gasteiger partial charge >= 0.3 is 0 Å². The van der Waals surface area contributed by atoms with Crippen molar-refractivity contribution in [2.75, 3.05) is 0 Å². The molecule has 0 atom stereocenters. The van der Waals surface area contributed by atoms with Crippen molar-refractivity contribution in [1.29, 1.82) is 0 Å². The normalized spacial score (nSPS) is 14.5. The van der Waals surface area contributed by atoms with Gasteiger partial charge in [-0.2, -0.15) is 0 Å². The lowest BCUT2D eigenvalue weighted by Crippen LogP contribution is -2.68. The van der Waals surface area contributed by atoms with Crippen molar-refractivity contribution in [2.24, 2.45) is 0 Å². The van der Waals surface area contributed by atoms with E-state index in [2.05, 4.69) is 379 Å². The van der Waals surface area contributed by atoms with Crippen LogP contribution in [0.4, 0.5) is 0 Å². The van der Waals surface area contributed by atoms with E-state index in [-0.39, 0.29) is 9.52 Å². The molecule has 2 nitrogen and oxygen atoms in total. The molecule has 0 N–H and O–H groups in total. The van der Waals surface area contributed by atoms with E-state index in [1.165, 1.54) is 102 Å². The van der Waals surface area contributed by atoms with Gasteiger partial charge in [0.15, 0.2) is 24.2 Å². The number of para-hydroxylation sites is 2. The van der Waals surface area contributed by atoms with Crippen molar-refractivity contribution in [3.63, 3.8) is 0 Å². The number of halogens is 2. The molecule has 0 saturated carbocycles. The minimum Gasteiger partial charge on any atom is -0.457 e. The zero-order valence-electron chi connectivity index (χ0n) is 48.1. The molecule has 420 valence electrons. The van der Waals surface area contributed by atoms with Crippen molar-refractivity contribution in [3.8, 4) is 0 Å². The van der Waals surface area contributed by atoms with Crippen LogP contribution in [0.1, 0.15) is 22.6 Å². The molecule has 14 aromatic rings. The Morgan fingerprint density at radius 1 is 0.261 bits per heavy atom. The van der Waals surface area contributed by atoms with Crippen LogP contribution in [-0.2, 0) is 0 Å². The quantitative estimate of drug-likeness (QED) is 0.106. The molecule has 0 amide bonds. The third-order valence-corrected chi connectivity index (χ3v) is 37.4. The van der Waals surface area contributed by atoms with E-state index in [0.29, 0.717) is 0 Å². The molecule has 0 radical (unpaired) electrons. The summed E-state index contributed by atoms with van der Waals surface area (Å²) in [7, 11) is -8.41. The predicted molar refractivity (Wildman–Crippen MR) is 399 cm³/mol. The Morgan fingerprint density at radius 3 is 1.02 bits per heavy atom. The summed E-state index contributed by atoms with van der Waals surface area (Å²) in [5.74, 6) is 2.12. The molecule has 2 aromatic heterocycles. The molecule has 12 aromatic carbocycles. The number of furan rings is 2. The van der Waals surface area contributed by atoms with E-state index < -0.39 is 24.2 Å². The van der Waals surface area contributed by atoms with Crippen LogP contribution in [0.3, 0.4) is 0 Å². The first kappa shape index (κ1) is 56.1. The minimum atomic E-state index is -2.83. The van der Waals surface area contributed by atoms with Crippen LogP contribution < -0.4 is 57.1 Å². The Bertz CT molecular complexity index is 4730. The molecule has 0 bridgehead atoms. The van der Waals surface area contributed by atoms with E-state index >= 15 is 0 Å². The third kappa shape index (κ3) is 9.09. The fourth-order valence-electron chi connectivity index (χ4n) is 14.6. The summed E-state index contributed by atoms with van der Waals surface area (Å²) in [6.07, 6.45) is 0. The molecular formula is C80H58I2O2Si4. The summed E-state index contributed by atoms with van der Waals surface area (Å²) in [6, 6.07) is 124. The fraction of sp³-hybridized carbons (Fsp3) is 0. The summed E-state index contributed by atoms with van der Waals surface area (Å²) in [6.45, 7) is 0. The van der Waals surface area contributed by atoms with Gasteiger partial charge in [-0.05, 0) is 120 Å². The average Bonchev–Trinajstić information content (AvgIpc) is 1.48. The zero-order valence-corrected chi connectivity index (χ0v) is 56.8. The van der Waals surface area contributed by atoms with E-state index in [1.807, 2.05) is 6.07 Å². The summed E-state index contributed by atoms with van der Waals surface area (Å²) in [5.41, 5.74) is 4.65. The maximum absolute atomic E-state index is 7.16. The first-order chi connectivity index (χ1) is 43.5. The summed E-state index contributed by atoms with van der Waals surface area (Å²) >= 11 is 5.04. The average molecular weight is 1420 g/mol. The lowest BCUT2D eigenvalue weighted by molar-refractivity contribution is 0.600. The number of rotatable bonds is 9. The molecule has 0 spiro atoms. The second kappa shape index (κ2) is 23.9. The highest BCUT2D eigenvalue weighted by Gasteiger charge is 2.64. The highest BCUT2D eigenvalue weighted by atomic mass is 127. The van der Waals surface area contributed by atoms with Gasteiger partial charge in [0.05, 0.1) is 13.1 Å². The number of hydrogen-bond donors (Lipinski definition) is 0. The topological polar surface area (TPSA) is 26.3 Å². The first-order valence-corrected chi connectivity index (χ1v) is 39.6. The Balaban J connectivity index is 0.000000126. The monoisotopic (exact) mass is 1420 g/mol. The molecule has 88 heavy (non-hydrogen) atoms. The molecule has 0 aliphatic carbocycles. The standard InChI is InChI=1S/C40H28OSi2.C28H18I2OSi.C12H12Si/c1-5-17-29(18-6-1)42(30-19-7-2-8-20-30)36-28-16-14-26-34(36)39-40(42)37-38(33-25-13-15-27-35(33)41-37)43(39,31-21-9-3-10-22-31)32-23-11-4-12-24-32;29-25-21-15-7-9-17-23(21)31-27(25)28-26(30)22-16-8-10-18-24(22)32(28,19-11-3-1-4-12-19)20-13-5-2-6-14-20;1-3-7-11(8-4-1)13-12-9-5-2-6-10-12/h1-28H;1-18H;1-10H,13H2. The van der Waals surface area contributed by atoms with E-state index in [9.17, 15) is 0 Å². The minimum absolute atomic E-state index is 0.234. The predicted octanol–water partition coefficient (Wildman–Crippen LogP) is 12.6. The zero-order chi connectivity index (χ0) is 59.1. The van der Waals surface area contributed by atoms with Gasteiger partial charge in [0.25, 0.3) is 0 Å². The maximum atomic E-state index is 7.16. The van der Waals surface area contributed by atoms with Crippen LogP contribution in [-0.4, -0.2) is 33.7 Å². The first-order valence-electron chi connectivity index (χ1n) is 30.0. The molecule has 0 fully saturated rings. The van der Waals surface area contributed by atoms with Gasteiger partial charge in [0, 0.05) is 24.7 Å². The maximum Gasteiger partial charge on any atom is 0.186 e. The van der Waals surface area contributed by atoms with Crippen LogP contribution in [0.15, 0.2) is 349 Å². The van der Waals surface area contributed by atoms with Gasteiger partial charge in [0.2, 0.25) is 0 Å². The highest BCUT2D eigenvalue weighted by molar-refractivity contribution is 14.1. The second-order valence-electron chi connectivity index (χ2n) is 22.7. The van der Waals surface area contributed by atoms with Gasteiger partial charge in [-0.25, -0.2) is 0 Å². The summed E-state index contributed by atoms with van der Waals surface area (Å²) in [4.78, 5) is 0. The molecule has 3 aliphatic heterocycles. The number of fused-ring (bicyclic) bond motifs is 8. The van der Waals surface area contributed by atoms with Crippen LogP contribution >= 0.6 is 45.2 Å². The summed E-state index contributed by atoms with van der Waals surface area (Å²) in [5, 5.41) is 22.4. The van der Waals surface area contributed by atoms with Crippen molar-refractivity contribution in [1.82, 2.24) is 0 Å². The van der Waals surface area contributed by atoms with Gasteiger partial charge in [-0.3, -0.25) is 0 Å². The lowest BCUT2D eigenvalue weighted by atomic mass is 10.2. The van der Waals surface area contributed by atoms with Crippen molar-refractivity contribution >= 4 is 177 Å². The fourth-order valence-corrected chi connectivity index (χ4v) is 36.4. The van der Waals surface area contributed by atoms with Crippen LogP contribution in [0.2, 0.25) is 0 Å². The van der Waals surface area contributed by atoms with Crippen molar-refractivity contribution in [2.45, 2.75) is 0 Å². The van der Waals surface area contributed by atoms with Crippen LogP contribution in [0, 0.1) is 3.57 Å². The molecule has 8 heteroatoms. The lowest BCUT2D eigenvalue weighted by Gasteiger charge is -2.33. The molecule has 0 saturated heterocycles. The number of hydrogen-bond acceptors (Lipinski definition) is 2. The van der Waals surface area contributed by atoms with Crippen molar-refractivity contribution < 1.29 is 8.83 Å². The molecule has 0 unspecified atom stereocenters. The molecular weight excluding hydrogens is 1360 g/mol. The largest absolute Gasteiger partial charge is 0.457 e. The SMILES string of the molecule is IC1=C(c2oc3ccccc3c2I)[Si](c2ccccc2)(c2ccccc2)c2ccccc21.c1ccc([SiH2]c2ccccc2)cc1.c1ccc([Si]2(c3ccccc3)C3=C(c4ccccc42)[Si](c2ccccc2)(c2ccccc2)c2c3oc3ccccc23)cc1. The molecule has 3 aliphatic rings. The molecule has 5 heterocycles. The highest BCUT2D eigenvalue weighted by Crippen LogP contribution is 2.51. The molecule has 17 rings (SSSR count). The van der Waals surface area contributed by atoms with Crippen molar-refractivity contribution in [3.05, 3.63) is 366 Å². The van der Waals surface area contributed by atoms with E-state index in [0.717, 1.165) is 22.7 Å². The second-order valence-corrected chi connectivity index (χ2v) is 37.9. The van der Waals surface area contributed by atoms with Gasteiger partial charge in [-0.1, -0.05) is 338 Å². The van der Waals surface area contributed by atoms with E-state index in [4.69, 9.17) is 8.83 Å². The van der Waals surface area contributed by atoms with Gasteiger partial charge < -0.3 is 8.83 Å². The number of benzene rings is 12. The van der Waals surface area contributed by atoms with E-state index in [1.54, 1.807) is 0 Å². The third-order valence-electron chi connectivity index (χ3n) is 18.1. The smallest absolute Gasteiger partial charge is 0.186 e. The Hall–Kier alpha value is -8.47. The Labute approximate surface area is 546 Å². The van der Waals surface area contributed by atoms with Gasteiger partial charge in [-0.15, -0.1) is 0 Å². The summed E-state index contributed by atoms with van der Waals surface area (Å²) < 4.78 is 16.3. The van der Waals surface area contributed by atoms with Crippen LogP contribution in [0.25, 0.3) is 41.1 Å².